The van der Waals surface area contributed by atoms with Crippen molar-refractivity contribution in [2.75, 3.05) is 6.54 Å². The predicted octanol–water partition coefficient (Wildman–Crippen LogP) is 2.37. The van der Waals surface area contributed by atoms with E-state index in [1.807, 2.05) is 43.5 Å². The van der Waals surface area contributed by atoms with E-state index in [9.17, 15) is 9.59 Å². The molecule has 1 amide bonds. The fourth-order valence-corrected chi connectivity index (χ4v) is 2.60. The maximum atomic E-state index is 12.2. The van der Waals surface area contributed by atoms with Crippen LogP contribution in [0.15, 0.2) is 59.7 Å². The first kappa shape index (κ1) is 16.7. The van der Waals surface area contributed by atoms with Crippen LogP contribution in [-0.4, -0.2) is 27.2 Å². The van der Waals surface area contributed by atoms with E-state index < -0.39 is 0 Å². The molecule has 0 radical (unpaired) electrons. The fourth-order valence-electron chi connectivity index (χ4n) is 2.60. The molecule has 6 nitrogen and oxygen atoms in total. The van der Waals surface area contributed by atoms with Gasteiger partial charge in [0.05, 0.1) is 0 Å². The zero-order valence-electron chi connectivity index (χ0n) is 14.0. The number of aryl methyl sites for hydroxylation is 2. The van der Waals surface area contributed by atoms with Crippen molar-refractivity contribution < 1.29 is 4.79 Å². The molecule has 0 aliphatic carbocycles. The molecular weight excluding hydrogens is 316 g/mol. The van der Waals surface area contributed by atoms with Crippen LogP contribution in [0.3, 0.4) is 0 Å². The number of aromatic nitrogens is 3. The van der Waals surface area contributed by atoms with E-state index in [1.54, 1.807) is 23.0 Å². The Bertz CT molecular complexity index is 913. The number of carbonyl (C=O) groups excluding carboxylic acids is 1. The molecule has 1 aromatic carbocycles. The molecule has 0 fully saturated rings. The molecule has 0 bridgehead atoms. The zero-order valence-corrected chi connectivity index (χ0v) is 14.0. The number of rotatable bonds is 6. The van der Waals surface area contributed by atoms with Gasteiger partial charge in [-0.15, -0.1) is 0 Å². The summed E-state index contributed by atoms with van der Waals surface area (Å²) in [6.07, 6.45) is 4.33. The van der Waals surface area contributed by atoms with Crippen LogP contribution in [-0.2, 0) is 6.54 Å². The smallest absolute Gasteiger partial charge is 0.261 e. The van der Waals surface area contributed by atoms with Crippen molar-refractivity contribution in [3.8, 4) is 11.3 Å². The Morgan fingerprint density at radius 1 is 1.24 bits per heavy atom. The van der Waals surface area contributed by atoms with Crippen molar-refractivity contribution in [1.82, 2.24) is 20.1 Å². The minimum Gasteiger partial charge on any atom is -0.352 e. The second-order valence-corrected chi connectivity index (χ2v) is 5.86. The molecule has 2 N–H and O–H groups in total. The Balaban J connectivity index is 1.62. The molecule has 0 unspecified atom stereocenters. The molecule has 0 aliphatic rings. The summed E-state index contributed by atoms with van der Waals surface area (Å²) >= 11 is 0. The normalized spacial score (nSPS) is 10.6. The van der Waals surface area contributed by atoms with Crippen LogP contribution in [0.1, 0.15) is 22.3 Å². The van der Waals surface area contributed by atoms with Gasteiger partial charge in [0.15, 0.2) is 0 Å². The van der Waals surface area contributed by atoms with Crippen molar-refractivity contribution in [2.24, 2.45) is 0 Å². The van der Waals surface area contributed by atoms with Crippen molar-refractivity contribution >= 4 is 5.91 Å². The summed E-state index contributed by atoms with van der Waals surface area (Å²) < 4.78 is 1.80. The Morgan fingerprint density at radius 3 is 2.84 bits per heavy atom. The van der Waals surface area contributed by atoms with Crippen molar-refractivity contribution in [3.63, 3.8) is 0 Å². The predicted molar refractivity (Wildman–Crippen MR) is 96.4 cm³/mol. The molecule has 0 saturated carbocycles. The Hall–Kier alpha value is -3.15. The van der Waals surface area contributed by atoms with E-state index in [2.05, 4.69) is 15.4 Å². The molecule has 0 aliphatic heterocycles. The number of H-pyrrole nitrogens is 1. The van der Waals surface area contributed by atoms with Gasteiger partial charge >= 0.3 is 0 Å². The Morgan fingerprint density at radius 2 is 2.12 bits per heavy atom. The maximum Gasteiger partial charge on any atom is 0.261 e. The lowest BCUT2D eigenvalue weighted by molar-refractivity contribution is 0.0951. The van der Waals surface area contributed by atoms with Gasteiger partial charge in [0.1, 0.15) is 5.56 Å². The second-order valence-electron chi connectivity index (χ2n) is 5.86. The average Bonchev–Trinajstić information content (AvgIpc) is 3.12. The van der Waals surface area contributed by atoms with E-state index >= 15 is 0 Å². The van der Waals surface area contributed by atoms with Crippen LogP contribution in [0, 0.1) is 6.92 Å². The maximum absolute atomic E-state index is 12.2. The molecule has 3 rings (SSSR count). The molecule has 2 heterocycles. The van der Waals surface area contributed by atoms with Crippen LogP contribution in [0.5, 0.6) is 0 Å². The first-order valence-corrected chi connectivity index (χ1v) is 8.19. The standard InChI is InChI=1S/C19H20N4O2/c1-14-5-2-6-15(13-14)17-8-7-16(19(25)22-17)18(24)20-9-3-11-23-12-4-10-21-23/h2,4-8,10,12-13H,3,9,11H2,1H3,(H,20,24)(H,22,25). The number of hydrogen-bond acceptors (Lipinski definition) is 3. The van der Waals surface area contributed by atoms with Crippen LogP contribution in [0.25, 0.3) is 11.3 Å². The molecular formula is C19H20N4O2. The van der Waals surface area contributed by atoms with E-state index in [0.29, 0.717) is 12.2 Å². The molecule has 128 valence electrons. The van der Waals surface area contributed by atoms with E-state index in [-0.39, 0.29) is 17.0 Å². The zero-order chi connectivity index (χ0) is 17.6. The summed E-state index contributed by atoms with van der Waals surface area (Å²) in [6.45, 7) is 3.19. The average molecular weight is 336 g/mol. The lowest BCUT2D eigenvalue weighted by Crippen LogP contribution is -2.30. The summed E-state index contributed by atoms with van der Waals surface area (Å²) in [6, 6.07) is 13.0. The van der Waals surface area contributed by atoms with Gasteiger partial charge < -0.3 is 10.3 Å². The Kier molecular flexibility index (Phi) is 5.09. The third-order valence-corrected chi connectivity index (χ3v) is 3.89. The number of amides is 1. The number of aromatic amines is 1. The molecule has 25 heavy (non-hydrogen) atoms. The molecule has 6 heteroatoms. The highest BCUT2D eigenvalue weighted by molar-refractivity contribution is 5.94. The van der Waals surface area contributed by atoms with Gasteiger partial charge in [-0.3, -0.25) is 14.3 Å². The lowest BCUT2D eigenvalue weighted by atomic mass is 10.1. The third kappa shape index (κ3) is 4.23. The van der Waals surface area contributed by atoms with Crippen LogP contribution < -0.4 is 10.9 Å². The summed E-state index contributed by atoms with van der Waals surface area (Å²) in [7, 11) is 0. The van der Waals surface area contributed by atoms with Crippen molar-refractivity contribution in [1.29, 1.82) is 0 Å². The molecule has 0 saturated heterocycles. The summed E-state index contributed by atoms with van der Waals surface area (Å²) in [5.41, 5.74) is 2.46. The highest BCUT2D eigenvalue weighted by Crippen LogP contribution is 2.16. The fraction of sp³-hybridized carbons (Fsp3) is 0.211. The quantitative estimate of drug-likeness (QED) is 0.678. The van der Waals surface area contributed by atoms with Gasteiger partial charge in [-0.1, -0.05) is 23.8 Å². The topological polar surface area (TPSA) is 79.8 Å². The Labute approximate surface area is 145 Å². The first-order valence-electron chi connectivity index (χ1n) is 8.19. The molecule has 0 atom stereocenters. The number of carbonyl (C=O) groups is 1. The molecule has 3 aromatic rings. The van der Waals surface area contributed by atoms with Gasteiger partial charge in [0.25, 0.3) is 11.5 Å². The molecule has 2 aromatic heterocycles. The monoisotopic (exact) mass is 336 g/mol. The van der Waals surface area contributed by atoms with Crippen molar-refractivity contribution in [2.45, 2.75) is 19.9 Å². The van der Waals surface area contributed by atoms with E-state index in [4.69, 9.17) is 0 Å². The number of nitrogens with one attached hydrogen (secondary N) is 2. The van der Waals surface area contributed by atoms with Gasteiger partial charge in [-0.25, -0.2) is 0 Å². The highest BCUT2D eigenvalue weighted by atomic mass is 16.2. The summed E-state index contributed by atoms with van der Waals surface area (Å²) in [5, 5.41) is 6.87. The number of benzene rings is 1. The largest absolute Gasteiger partial charge is 0.352 e. The minimum absolute atomic E-state index is 0.121. The first-order chi connectivity index (χ1) is 12.1. The van der Waals surface area contributed by atoms with Gasteiger partial charge in [0, 0.05) is 31.2 Å². The SMILES string of the molecule is Cc1cccc(-c2ccc(C(=O)NCCCn3cccn3)c(=O)[nH]2)c1. The second kappa shape index (κ2) is 7.61. The highest BCUT2D eigenvalue weighted by Gasteiger charge is 2.11. The number of pyridine rings is 1. The van der Waals surface area contributed by atoms with Gasteiger partial charge in [0.2, 0.25) is 0 Å². The van der Waals surface area contributed by atoms with Crippen LogP contribution in [0.2, 0.25) is 0 Å². The van der Waals surface area contributed by atoms with Crippen LogP contribution >= 0.6 is 0 Å². The number of nitrogens with zero attached hydrogens (tertiary/aromatic N) is 2. The number of hydrogen-bond donors (Lipinski definition) is 2. The minimum atomic E-state index is -0.386. The summed E-state index contributed by atoms with van der Waals surface area (Å²) in [4.78, 5) is 27.2. The van der Waals surface area contributed by atoms with E-state index in [1.165, 1.54) is 0 Å². The lowest BCUT2D eigenvalue weighted by Gasteiger charge is -2.07. The van der Waals surface area contributed by atoms with Gasteiger partial charge in [-0.2, -0.15) is 5.10 Å². The third-order valence-electron chi connectivity index (χ3n) is 3.89. The summed E-state index contributed by atoms with van der Waals surface area (Å²) in [5.74, 6) is -0.363. The van der Waals surface area contributed by atoms with E-state index in [0.717, 1.165) is 24.1 Å². The van der Waals surface area contributed by atoms with Crippen LogP contribution in [0.4, 0.5) is 0 Å². The van der Waals surface area contributed by atoms with Gasteiger partial charge in [-0.05, 0) is 43.2 Å². The van der Waals surface area contributed by atoms with Crippen molar-refractivity contribution in [3.05, 3.63) is 76.3 Å². The molecule has 0 spiro atoms.